The average Bonchev–Trinajstić information content (AvgIpc) is 3.62. The summed E-state index contributed by atoms with van der Waals surface area (Å²) in [7, 11) is 3.41. The summed E-state index contributed by atoms with van der Waals surface area (Å²) < 4.78 is 13.5. The Hall–Kier alpha value is -3.86. The van der Waals surface area contributed by atoms with E-state index in [1.807, 2.05) is 46.9 Å². The summed E-state index contributed by atoms with van der Waals surface area (Å²) in [6.07, 6.45) is 0. The minimum Gasteiger partial charge on any atom is -0.497 e. The van der Waals surface area contributed by atoms with Crippen molar-refractivity contribution >= 4 is 64.4 Å². The number of benzene rings is 5. The smallest absolute Gasteiger partial charge is 0.118 e. The zero-order chi connectivity index (χ0) is 24.2. The zero-order valence-electron chi connectivity index (χ0n) is 19.9. The molecule has 2 heterocycles. The van der Waals surface area contributed by atoms with Gasteiger partial charge in [-0.1, -0.05) is 36.4 Å². The van der Waals surface area contributed by atoms with Crippen LogP contribution in [-0.4, -0.2) is 14.2 Å². The highest BCUT2D eigenvalue weighted by atomic mass is 32.1. The Morgan fingerprint density at radius 2 is 0.861 bits per heavy atom. The molecule has 0 bridgehead atoms. The van der Waals surface area contributed by atoms with Gasteiger partial charge >= 0.3 is 0 Å². The molecule has 7 aromatic rings. The molecule has 0 aliphatic heterocycles. The minimum atomic E-state index is 0.865. The molecular formula is C32H22O2S2. The maximum absolute atomic E-state index is 5.41. The number of methoxy groups -OCH3 is 2. The van der Waals surface area contributed by atoms with Crippen molar-refractivity contribution in [3.63, 3.8) is 0 Å². The van der Waals surface area contributed by atoms with Gasteiger partial charge in [0.15, 0.2) is 0 Å². The van der Waals surface area contributed by atoms with E-state index in [1.165, 1.54) is 64.0 Å². The van der Waals surface area contributed by atoms with E-state index in [1.54, 1.807) is 14.2 Å². The topological polar surface area (TPSA) is 18.5 Å². The van der Waals surface area contributed by atoms with Gasteiger partial charge in [-0.15, -0.1) is 22.7 Å². The van der Waals surface area contributed by atoms with Crippen molar-refractivity contribution in [1.82, 2.24) is 0 Å². The predicted octanol–water partition coefficient (Wildman–Crippen LogP) is 9.77. The lowest BCUT2D eigenvalue weighted by molar-refractivity contribution is 0.415. The van der Waals surface area contributed by atoms with Gasteiger partial charge in [-0.3, -0.25) is 0 Å². The predicted molar refractivity (Wildman–Crippen MR) is 156 cm³/mol. The van der Waals surface area contributed by atoms with E-state index < -0.39 is 0 Å². The lowest BCUT2D eigenvalue weighted by atomic mass is 9.89. The third kappa shape index (κ3) is 3.22. The van der Waals surface area contributed by atoms with Gasteiger partial charge in [0.2, 0.25) is 0 Å². The van der Waals surface area contributed by atoms with E-state index in [2.05, 4.69) is 71.4 Å². The largest absolute Gasteiger partial charge is 0.497 e. The highest BCUT2D eigenvalue weighted by Crippen LogP contribution is 2.45. The first-order chi connectivity index (χ1) is 17.7. The maximum atomic E-state index is 5.41. The zero-order valence-corrected chi connectivity index (χ0v) is 21.5. The Morgan fingerprint density at radius 1 is 0.444 bits per heavy atom. The number of thiophene rings is 2. The second-order valence-electron chi connectivity index (χ2n) is 8.89. The van der Waals surface area contributed by atoms with Crippen molar-refractivity contribution in [2.45, 2.75) is 0 Å². The number of hydrogen-bond donors (Lipinski definition) is 0. The Labute approximate surface area is 217 Å². The van der Waals surface area contributed by atoms with Crippen LogP contribution in [0.3, 0.4) is 0 Å². The average molecular weight is 503 g/mol. The SMILES string of the molecule is COc1ccc(-c2ccc(-c3ccc(OC)cc3)c3cc4c(cc23)c2sccc2c2ccsc24)cc1. The lowest BCUT2D eigenvalue weighted by Crippen LogP contribution is -1.89. The number of ether oxygens (including phenoxy) is 2. The molecule has 36 heavy (non-hydrogen) atoms. The fourth-order valence-electron chi connectivity index (χ4n) is 5.27. The van der Waals surface area contributed by atoms with Gasteiger partial charge in [0.1, 0.15) is 11.5 Å². The van der Waals surface area contributed by atoms with Crippen molar-refractivity contribution in [2.75, 3.05) is 14.2 Å². The first-order valence-electron chi connectivity index (χ1n) is 11.8. The fraction of sp³-hybridized carbons (Fsp3) is 0.0625. The molecule has 0 aliphatic rings. The van der Waals surface area contributed by atoms with Crippen LogP contribution in [0.15, 0.2) is 95.7 Å². The summed E-state index contributed by atoms with van der Waals surface area (Å²) in [5.74, 6) is 1.73. The van der Waals surface area contributed by atoms with Crippen molar-refractivity contribution in [2.24, 2.45) is 0 Å². The van der Waals surface area contributed by atoms with Gasteiger partial charge in [-0.2, -0.15) is 0 Å². The summed E-state index contributed by atoms with van der Waals surface area (Å²) >= 11 is 3.66. The van der Waals surface area contributed by atoms with Crippen LogP contribution in [0.25, 0.3) is 64.0 Å². The Balaban J connectivity index is 1.60. The maximum Gasteiger partial charge on any atom is 0.118 e. The highest BCUT2D eigenvalue weighted by molar-refractivity contribution is 7.20. The first kappa shape index (κ1) is 21.4. The van der Waals surface area contributed by atoms with E-state index in [4.69, 9.17) is 9.47 Å². The van der Waals surface area contributed by atoms with Crippen molar-refractivity contribution < 1.29 is 9.47 Å². The van der Waals surface area contributed by atoms with Crippen LogP contribution in [0, 0.1) is 0 Å². The monoisotopic (exact) mass is 502 g/mol. The van der Waals surface area contributed by atoms with Crippen LogP contribution in [0.2, 0.25) is 0 Å². The van der Waals surface area contributed by atoms with Crippen LogP contribution in [0.5, 0.6) is 11.5 Å². The second-order valence-corrected chi connectivity index (χ2v) is 10.7. The van der Waals surface area contributed by atoms with Gasteiger partial charge in [0.25, 0.3) is 0 Å². The van der Waals surface area contributed by atoms with Gasteiger partial charge in [0.05, 0.1) is 14.2 Å². The van der Waals surface area contributed by atoms with E-state index in [0.717, 1.165) is 11.5 Å². The number of rotatable bonds is 4. The number of fused-ring (bicyclic) bond motifs is 7. The molecule has 2 nitrogen and oxygen atoms in total. The Kier molecular flexibility index (Phi) is 4.98. The van der Waals surface area contributed by atoms with Crippen LogP contribution >= 0.6 is 22.7 Å². The van der Waals surface area contributed by atoms with E-state index in [0.29, 0.717) is 0 Å². The first-order valence-corrected chi connectivity index (χ1v) is 13.6. The molecule has 0 radical (unpaired) electrons. The summed E-state index contributed by atoms with van der Waals surface area (Å²) in [5.41, 5.74) is 4.81. The number of hydrogen-bond acceptors (Lipinski definition) is 4. The second kappa shape index (κ2) is 8.37. The van der Waals surface area contributed by atoms with Gasteiger partial charge in [-0.25, -0.2) is 0 Å². The summed E-state index contributed by atoms with van der Waals surface area (Å²) in [6, 6.07) is 30.6. The Morgan fingerprint density at radius 3 is 1.25 bits per heavy atom. The normalized spacial score (nSPS) is 11.6. The third-order valence-corrected chi connectivity index (χ3v) is 8.96. The van der Waals surface area contributed by atoms with Crippen molar-refractivity contribution in [3.05, 3.63) is 95.7 Å². The summed E-state index contributed by atoms with van der Waals surface area (Å²) in [5, 5.41) is 12.3. The van der Waals surface area contributed by atoms with Crippen LogP contribution in [-0.2, 0) is 0 Å². The highest BCUT2D eigenvalue weighted by Gasteiger charge is 2.16. The fourth-order valence-corrected chi connectivity index (χ4v) is 7.15. The van der Waals surface area contributed by atoms with Crippen LogP contribution < -0.4 is 9.47 Å². The van der Waals surface area contributed by atoms with Crippen LogP contribution in [0.1, 0.15) is 0 Å². The third-order valence-electron chi connectivity index (χ3n) is 7.07. The standard InChI is InChI=1S/C32H22O2S2/c1-33-21-7-3-19(4-8-21)23-11-12-24(20-5-9-22(34-2)10-6-20)28-18-30-29(17-27(23)28)31-25(13-15-35-31)26-14-16-36-32(26)30/h3-18H,1-2H3. The molecule has 0 saturated carbocycles. The Bertz CT molecular complexity index is 1750. The summed E-state index contributed by atoms with van der Waals surface area (Å²) in [4.78, 5) is 0. The molecule has 0 saturated heterocycles. The molecule has 4 heteroatoms. The van der Waals surface area contributed by atoms with E-state index in [-0.39, 0.29) is 0 Å². The quantitative estimate of drug-likeness (QED) is 0.223. The van der Waals surface area contributed by atoms with Crippen molar-refractivity contribution in [3.8, 4) is 33.8 Å². The molecule has 0 amide bonds. The molecule has 0 atom stereocenters. The molecule has 0 aliphatic carbocycles. The molecule has 2 aromatic heterocycles. The summed E-state index contributed by atoms with van der Waals surface area (Å²) in [6.45, 7) is 0. The molecule has 0 N–H and O–H groups in total. The van der Waals surface area contributed by atoms with Gasteiger partial charge in [0, 0.05) is 30.9 Å². The van der Waals surface area contributed by atoms with E-state index in [9.17, 15) is 0 Å². The van der Waals surface area contributed by atoms with Gasteiger partial charge in [-0.05, 0) is 92.3 Å². The molecule has 174 valence electrons. The molecule has 5 aromatic carbocycles. The lowest BCUT2D eigenvalue weighted by Gasteiger charge is -2.15. The van der Waals surface area contributed by atoms with Gasteiger partial charge < -0.3 is 9.47 Å². The van der Waals surface area contributed by atoms with Crippen LogP contribution in [0.4, 0.5) is 0 Å². The molecule has 0 unspecified atom stereocenters. The molecule has 7 rings (SSSR count). The molecule has 0 spiro atoms. The molecular weight excluding hydrogens is 480 g/mol. The minimum absolute atomic E-state index is 0.865. The molecule has 0 fully saturated rings. The van der Waals surface area contributed by atoms with Crippen molar-refractivity contribution in [1.29, 1.82) is 0 Å². The van der Waals surface area contributed by atoms with E-state index >= 15 is 0 Å².